The van der Waals surface area contributed by atoms with E-state index in [0.717, 1.165) is 67.2 Å². The maximum atomic E-state index is 12.6. The van der Waals surface area contributed by atoms with Crippen LogP contribution in [-0.4, -0.2) is 59.5 Å². The van der Waals surface area contributed by atoms with Crippen LogP contribution < -0.4 is 15.4 Å². The topological polar surface area (TPSA) is 128 Å². The number of hydrogen-bond donors (Lipinski definition) is 3. The molecule has 260 valence electrons. The third-order valence-corrected chi connectivity index (χ3v) is 13.1. The van der Waals surface area contributed by atoms with Crippen molar-refractivity contribution < 1.29 is 23.1 Å². The average molecular weight is 697 g/mol. The summed E-state index contributed by atoms with van der Waals surface area (Å²) in [6.07, 6.45) is 11.0. The highest BCUT2D eigenvalue weighted by molar-refractivity contribution is 7.73. The molecule has 11 heteroatoms. The van der Waals surface area contributed by atoms with E-state index in [9.17, 15) is 18.3 Å². The molecule has 1 saturated carbocycles. The van der Waals surface area contributed by atoms with E-state index in [0.29, 0.717) is 38.1 Å². The van der Waals surface area contributed by atoms with Gasteiger partial charge in [-0.15, -0.1) is 0 Å². The fraction of sp³-hybridized carbons (Fsp3) is 0.568. The van der Waals surface area contributed by atoms with Crippen molar-refractivity contribution in [3.63, 3.8) is 0 Å². The largest absolute Gasteiger partial charge is 0.490 e. The number of imidazole rings is 1. The number of hydrogen-bond acceptors (Lipinski definition) is 7. The fourth-order valence-electron chi connectivity index (χ4n) is 8.47. The minimum atomic E-state index is -2.49. The van der Waals surface area contributed by atoms with Crippen LogP contribution in [0, 0.1) is 17.8 Å². The second kappa shape index (κ2) is 14.0. The van der Waals surface area contributed by atoms with Crippen LogP contribution in [0.5, 0.6) is 5.75 Å². The van der Waals surface area contributed by atoms with E-state index in [1.807, 2.05) is 42.9 Å². The van der Waals surface area contributed by atoms with E-state index < -0.39 is 27.5 Å². The number of nitrogens with two attached hydrogens (primary N) is 1. The van der Waals surface area contributed by atoms with Gasteiger partial charge in [-0.2, -0.15) is 0 Å². The molecule has 0 saturated heterocycles. The Kier molecular flexibility index (Phi) is 10.2. The monoisotopic (exact) mass is 696 g/mol. The van der Waals surface area contributed by atoms with Gasteiger partial charge < -0.3 is 25.0 Å². The van der Waals surface area contributed by atoms with E-state index >= 15 is 0 Å². The molecule has 2 aromatic carbocycles. The standard InChI is InChI=1S/C37H49ClN4O5S/c1-24(25(2)48(45)46)6-4-15-37(44,20-34-40-16-17-41(34)3)31-11-8-28(31)21-42-22-36(14-5-7-26-18-29(38)10-12-30(26)36)23-47-33-13-9-27(35(39)43)19-32(33)42/h9-10,12-13,16-19,24-25,28,31,44,48H,4-8,11,14-15,20-23H2,1-3H3,(H2,39,43)/t24-,25+,28-,31+,36-,37-/m0/s1. The summed E-state index contributed by atoms with van der Waals surface area (Å²) >= 11 is 6.44. The van der Waals surface area contributed by atoms with Crippen molar-refractivity contribution in [3.8, 4) is 5.75 Å². The maximum Gasteiger partial charge on any atom is 0.248 e. The van der Waals surface area contributed by atoms with Gasteiger partial charge in [0.15, 0.2) is 0 Å². The Morgan fingerprint density at radius 3 is 2.73 bits per heavy atom. The molecule has 0 radical (unpaired) electrons. The Morgan fingerprint density at radius 1 is 1.23 bits per heavy atom. The van der Waals surface area contributed by atoms with Gasteiger partial charge in [0.25, 0.3) is 0 Å². The number of thiol groups is 1. The number of anilines is 1. The number of ether oxygens (including phenoxy) is 1. The molecule has 1 aliphatic heterocycles. The first kappa shape index (κ1) is 34.8. The van der Waals surface area contributed by atoms with Gasteiger partial charge in [0, 0.05) is 55.0 Å². The highest BCUT2D eigenvalue weighted by Gasteiger charge is 2.49. The van der Waals surface area contributed by atoms with Crippen molar-refractivity contribution in [2.24, 2.45) is 30.5 Å². The highest BCUT2D eigenvalue weighted by atomic mass is 35.5. The molecule has 1 spiro atoms. The number of aromatic nitrogens is 2. The van der Waals surface area contributed by atoms with Gasteiger partial charge in [-0.3, -0.25) is 4.79 Å². The zero-order valence-electron chi connectivity index (χ0n) is 28.2. The summed E-state index contributed by atoms with van der Waals surface area (Å²) < 4.78 is 31.8. The SMILES string of the molecule is C[C@H]([C@@H](C)CCC[C@](O)(Cc1nccn1C)[C@@H]1CC[C@H]1CN1C[C@@]2(CCCc3cc(Cl)ccc32)COc2ccc(C(N)=O)cc21)[SH](=O)=O. The molecular formula is C37H49ClN4O5S. The summed E-state index contributed by atoms with van der Waals surface area (Å²) in [4.78, 5) is 19.3. The molecule has 6 rings (SSSR count). The van der Waals surface area contributed by atoms with E-state index in [1.54, 1.807) is 19.2 Å². The van der Waals surface area contributed by atoms with Gasteiger partial charge in [-0.05, 0) is 111 Å². The molecule has 3 aliphatic rings. The summed E-state index contributed by atoms with van der Waals surface area (Å²) in [5.41, 5.74) is 8.32. The number of carbonyl (C=O) groups excluding carboxylic acids is 1. The molecule has 48 heavy (non-hydrogen) atoms. The zero-order chi connectivity index (χ0) is 34.2. The number of aliphatic hydroxyl groups is 1. The molecule has 2 heterocycles. The molecule has 0 bridgehead atoms. The molecule has 3 aromatic rings. The van der Waals surface area contributed by atoms with Crippen molar-refractivity contribution >= 4 is 33.9 Å². The molecule has 1 aromatic heterocycles. The quantitative estimate of drug-likeness (QED) is 0.215. The third kappa shape index (κ3) is 6.98. The number of fused-ring (bicyclic) bond motifs is 3. The van der Waals surface area contributed by atoms with Crippen LogP contribution in [-0.2, 0) is 36.0 Å². The Balaban J connectivity index is 1.31. The first-order valence-corrected chi connectivity index (χ1v) is 18.9. The van der Waals surface area contributed by atoms with Gasteiger partial charge in [0.1, 0.15) is 22.3 Å². The Hall–Kier alpha value is -3.08. The Bertz CT molecular complexity index is 1720. The van der Waals surface area contributed by atoms with Gasteiger partial charge in [0.05, 0.1) is 23.1 Å². The van der Waals surface area contributed by atoms with E-state index in [4.69, 9.17) is 22.1 Å². The van der Waals surface area contributed by atoms with E-state index in [-0.39, 0.29) is 23.2 Å². The smallest absolute Gasteiger partial charge is 0.248 e. The number of rotatable bonds is 12. The lowest BCUT2D eigenvalue weighted by atomic mass is 9.61. The Labute approximate surface area is 290 Å². The summed E-state index contributed by atoms with van der Waals surface area (Å²) in [5, 5.41) is 12.9. The number of amides is 1. The van der Waals surface area contributed by atoms with Crippen LogP contribution in [0.2, 0.25) is 5.02 Å². The van der Waals surface area contributed by atoms with Crippen LogP contribution in [0.3, 0.4) is 0 Å². The first-order valence-electron chi connectivity index (χ1n) is 17.3. The molecule has 0 unspecified atom stereocenters. The second-order valence-corrected chi connectivity index (χ2v) is 16.5. The molecule has 1 fully saturated rings. The Morgan fingerprint density at radius 2 is 2.04 bits per heavy atom. The molecule has 9 nitrogen and oxygen atoms in total. The average Bonchev–Trinajstić information content (AvgIpc) is 3.36. The molecule has 1 amide bonds. The van der Waals surface area contributed by atoms with E-state index in [1.165, 1.54) is 11.1 Å². The first-order chi connectivity index (χ1) is 22.9. The molecule has 3 N–H and O–H groups in total. The summed E-state index contributed by atoms with van der Waals surface area (Å²) in [5.74, 6) is 1.32. The van der Waals surface area contributed by atoms with Crippen molar-refractivity contribution in [2.45, 2.75) is 87.9 Å². The molecule has 6 atom stereocenters. The minimum Gasteiger partial charge on any atom is -0.490 e. The number of halogens is 1. The fourth-order valence-corrected chi connectivity index (χ4v) is 9.23. The van der Waals surface area contributed by atoms with Crippen LogP contribution >= 0.6 is 11.6 Å². The van der Waals surface area contributed by atoms with Gasteiger partial charge in [-0.25, -0.2) is 13.4 Å². The number of nitrogens with zero attached hydrogens (tertiary/aromatic N) is 3. The zero-order valence-corrected chi connectivity index (χ0v) is 29.9. The lowest BCUT2D eigenvalue weighted by molar-refractivity contribution is -0.0895. The minimum absolute atomic E-state index is 0.0122. The van der Waals surface area contributed by atoms with Crippen LogP contribution in [0.25, 0.3) is 0 Å². The number of carbonyl (C=O) groups is 1. The number of primary amides is 1. The summed E-state index contributed by atoms with van der Waals surface area (Å²) in [7, 11) is -0.535. The predicted molar refractivity (Wildman–Crippen MR) is 190 cm³/mol. The normalized spacial score (nSPS) is 24.5. The summed E-state index contributed by atoms with van der Waals surface area (Å²) in [6.45, 7) is 5.66. The molecule has 2 aliphatic carbocycles. The van der Waals surface area contributed by atoms with Crippen molar-refractivity contribution in [2.75, 3.05) is 24.6 Å². The van der Waals surface area contributed by atoms with Crippen molar-refractivity contribution in [3.05, 3.63) is 76.3 Å². The van der Waals surface area contributed by atoms with Crippen LogP contribution in [0.15, 0.2) is 48.8 Å². The van der Waals surface area contributed by atoms with Gasteiger partial charge in [0.2, 0.25) is 5.91 Å². The second-order valence-electron chi connectivity index (χ2n) is 14.7. The van der Waals surface area contributed by atoms with E-state index in [2.05, 4.69) is 22.0 Å². The lowest BCUT2D eigenvalue weighted by Gasteiger charge is -2.50. The number of benzene rings is 2. The van der Waals surface area contributed by atoms with Crippen molar-refractivity contribution in [1.29, 1.82) is 0 Å². The molecular weight excluding hydrogens is 648 g/mol. The number of aryl methyl sites for hydroxylation is 2. The van der Waals surface area contributed by atoms with Gasteiger partial charge >= 0.3 is 0 Å². The van der Waals surface area contributed by atoms with Gasteiger partial charge in [-0.1, -0.05) is 31.0 Å². The van der Waals surface area contributed by atoms with Crippen molar-refractivity contribution in [1.82, 2.24) is 9.55 Å². The predicted octanol–water partition coefficient (Wildman–Crippen LogP) is 5.45. The third-order valence-electron chi connectivity index (χ3n) is 11.7. The van der Waals surface area contributed by atoms with Crippen LogP contribution in [0.4, 0.5) is 5.69 Å². The highest BCUT2D eigenvalue weighted by Crippen LogP contribution is 2.49. The van der Waals surface area contributed by atoms with Crippen LogP contribution in [0.1, 0.15) is 86.1 Å². The lowest BCUT2D eigenvalue weighted by Crippen LogP contribution is -2.54. The maximum absolute atomic E-state index is 12.6. The summed E-state index contributed by atoms with van der Waals surface area (Å²) in [6, 6.07) is 11.7.